The summed E-state index contributed by atoms with van der Waals surface area (Å²) in [6.45, 7) is 6.58. The molecule has 0 aromatic carbocycles. The fourth-order valence-electron chi connectivity index (χ4n) is 1.39. The van der Waals surface area contributed by atoms with Crippen molar-refractivity contribution in [1.82, 2.24) is 0 Å². The smallest absolute Gasteiger partial charge is 0.00704 e. The topological polar surface area (TPSA) is 0 Å². The zero-order valence-corrected chi connectivity index (χ0v) is 7.59. The fraction of sp³-hybridized carbons (Fsp3) is 0.455. The van der Waals surface area contributed by atoms with Gasteiger partial charge in [-0.25, -0.2) is 0 Å². The van der Waals surface area contributed by atoms with Gasteiger partial charge in [-0.15, -0.1) is 0 Å². The molecule has 1 unspecified atom stereocenters. The predicted octanol–water partition coefficient (Wildman–Crippen LogP) is 3.48. The van der Waals surface area contributed by atoms with E-state index in [-0.39, 0.29) is 0 Å². The molecular formula is C11H16. The third kappa shape index (κ3) is 2.38. The lowest BCUT2D eigenvalue weighted by Gasteiger charge is -1.99. The Balaban J connectivity index is 2.83. The monoisotopic (exact) mass is 148 g/mol. The number of hydrogen-bond donors (Lipinski definition) is 0. The first-order valence-corrected chi connectivity index (χ1v) is 4.29. The second-order valence-corrected chi connectivity index (χ2v) is 3.20. The maximum atomic E-state index is 2.33. The van der Waals surface area contributed by atoms with Crippen molar-refractivity contribution in [1.29, 1.82) is 0 Å². The molecule has 0 aromatic heterocycles. The zero-order valence-electron chi connectivity index (χ0n) is 7.59. The minimum absolute atomic E-state index is 0.597. The highest BCUT2D eigenvalue weighted by Crippen LogP contribution is 2.16. The van der Waals surface area contributed by atoms with Crippen LogP contribution < -0.4 is 0 Å². The molecule has 11 heavy (non-hydrogen) atoms. The van der Waals surface area contributed by atoms with E-state index in [1.165, 1.54) is 11.1 Å². The second-order valence-electron chi connectivity index (χ2n) is 3.20. The molecule has 0 heteroatoms. The molecule has 0 aromatic rings. The SMILES string of the molecule is CCC1=CC(C)C=C(C)C=C1. The summed E-state index contributed by atoms with van der Waals surface area (Å²) in [6.07, 6.45) is 10.2. The van der Waals surface area contributed by atoms with E-state index in [0.717, 1.165) is 6.42 Å². The van der Waals surface area contributed by atoms with Gasteiger partial charge < -0.3 is 0 Å². The van der Waals surface area contributed by atoms with Crippen LogP contribution in [0.5, 0.6) is 0 Å². The highest BCUT2D eigenvalue weighted by atomic mass is 14.0. The molecule has 1 rings (SSSR count). The Morgan fingerprint density at radius 3 is 2.64 bits per heavy atom. The van der Waals surface area contributed by atoms with Crippen LogP contribution in [0.3, 0.4) is 0 Å². The first-order valence-electron chi connectivity index (χ1n) is 4.29. The van der Waals surface area contributed by atoms with E-state index in [2.05, 4.69) is 45.1 Å². The van der Waals surface area contributed by atoms with Crippen molar-refractivity contribution in [3.63, 3.8) is 0 Å². The summed E-state index contributed by atoms with van der Waals surface area (Å²) in [5.74, 6) is 0.597. The Bertz CT molecular complexity index is 216. The van der Waals surface area contributed by atoms with Gasteiger partial charge in [-0.1, -0.05) is 49.3 Å². The van der Waals surface area contributed by atoms with Crippen LogP contribution >= 0.6 is 0 Å². The van der Waals surface area contributed by atoms with Gasteiger partial charge in [0.05, 0.1) is 0 Å². The fourth-order valence-corrected chi connectivity index (χ4v) is 1.39. The van der Waals surface area contributed by atoms with Crippen LogP contribution in [0, 0.1) is 5.92 Å². The molecule has 0 radical (unpaired) electrons. The van der Waals surface area contributed by atoms with E-state index >= 15 is 0 Å². The van der Waals surface area contributed by atoms with Gasteiger partial charge in [0.15, 0.2) is 0 Å². The minimum Gasteiger partial charge on any atom is -0.0749 e. The van der Waals surface area contributed by atoms with E-state index in [4.69, 9.17) is 0 Å². The first kappa shape index (κ1) is 8.32. The van der Waals surface area contributed by atoms with Crippen molar-refractivity contribution in [2.24, 2.45) is 5.92 Å². The van der Waals surface area contributed by atoms with Crippen molar-refractivity contribution in [2.75, 3.05) is 0 Å². The van der Waals surface area contributed by atoms with Crippen LogP contribution in [0.4, 0.5) is 0 Å². The van der Waals surface area contributed by atoms with Crippen molar-refractivity contribution in [3.05, 3.63) is 35.5 Å². The molecule has 0 amide bonds. The summed E-state index contributed by atoms with van der Waals surface area (Å²) in [4.78, 5) is 0. The minimum atomic E-state index is 0.597. The molecule has 0 saturated carbocycles. The van der Waals surface area contributed by atoms with E-state index in [9.17, 15) is 0 Å². The van der Waals surface area contributed by atoms with Gasteiger partial charge in [0.25, 0.3) is 0 Å². The van der Waals surface area contributed by atoms with Crippen LogP contribution in [0.2, 0.25) is 0 Å². The summed E-state index contributed by atoms with van der Waals surface area (Å²) in [6, 6.07) is 0. The maximum absolute atomic E-state index is 2.33. The van der Waals surface area contributed by atoms with Crippen molar-refractivity contribution in [2.45, 2.75) is 27.2 Å². The van der Waals surface area contributed by atoms with Crippen molar-refractivity contribution in [3.8, 4) is 0 Å². The third-order valence-corrected chi connectivity index (χ3v) is 1.97. The molecule has 0 nitrogen and oxygen atoms in total. The lowest BCUT2D eigenvalue weighted by Crippen LogP contribution is -1.84. The maximum Gasteiger partial charge on any atom is -0.00704 e. The molecule has 60 valence electrons. The highest BCUT2D eigenvalue weighted by molar-refractivity contribution is 5.32. The Morgan fingerprint density at radius 1 is 1.27 bits per heavy atom. The zero-order chi connectivity index (χ0) is 8.27. The summed E-state index contributed by atoms with van der Waals surface area (Å²) in [5.41, 5.74) is 2.82. The summed E-state index contributed by atoms with van der Waals surface area (Å²) in [7, 11) is 0. The Kier molecular flexibility index (Phi) is 2.70. The van der Waals surface area contributed by atoms with E-state index < -0.39 is 0 Å². The molecule has 0 heterocycles. The molecule has 1 aliphatic carbocycles. The molecule has 0 spiro atoms. The lowest BCUT2D eigenvalue weighted by molar-refractivity contribution is 0.915. The third-order valence-electron chi connectivity index (χ3n) is 1.97. The molecule has 0 aliphatic heterocycles. The van der Waals surface area contributed by atoms with Crippen molar-refractivity contribution >= 4 is 0 Å². The van der Waals surface area contributed by atoms with Crippen LogP contribution in [0.25, 0.3) is 0 Å². The molecule has 0 bridgehead atoms. The van der Waals surface area contributed by atoms with Crippen LogP contribution in [0.15, 0.2) is 35.5 Å². The van der Waals surface area contributed by atoms with Gasteiger partial charge in [0, 0.05) is 0 Å². The van der Waals surface area contributed by atoms with Gasteiger partial charge in [-0.05, 0) is 19.3 Å². The molecule has 0 N–H and O–H groups in total. The van der Waals surface area contributed by atoms with Gasteiger partial charge in [-0.3, -0.25) is 0 Å². The van der Waals surface area contributed by atoms with Gasteiger partial charge >= 0.3 is 0 Å². The molecule has 0 saturated heterocycles. The highest BCUT2D eigenvalue weighted by Gasteiger charge is 1.99. The first-order chi connectivity index (χ1) is 5.22. The second kappa shape index (κ2) is 3.56. The Morgan fingerprint density at radius 2 is 2.00 bits per heavy atom. The summed E-state index contributed by atoms with van der Waals surface area (Å²) in [5, 5.41) is 0. The predicted molar refractivity (Wildman–Crippen MR) is 50.4 cm³/mol. The molecular weight excluding hydrogens is 132 g/mol. The van der Waals surface area contributed by atoms with E-state index in [1.54, 1.807) is 0 Å². The number of rotatable bonds is 1. The standard InChI is InChI=1S/C11H16/c1-4-11-6-5-9(2)7-10(3)8-11/h5-8,10H,4H2,1-3H3. The summed E-state index contributed by atoms with van der Waals surface area (Å²) >= 11 is 0. The molecule has 1 aliphatic rings. The lowest BCUT2D eigenvalue weighted by atomic mass is 10.1. The van der Waals surface area contributed by atoms with E-state index in [1.807, 2.05) is 0 Å². The van der Waals surface area contributed by atoms with E-state index in [0.29, 0.717) is 5.92 Å². The van der Waals surface area contributed by atoms with Crippen LogP contribution in [0.1, 0.15) is 27.2 Å². The van der Waals surface area contributed by atoms with Crippen LogP contribution in [-0.4, -0.2) is 0 Å². The van der Waals surface area contributed by atoms with Crippen molar-refractivity contribution < 1.29 is 0 Å². The summed E-state index contributed by atoms with van der Waals surface area (Å²) < 4.78 is 0. The normalized spacial score (nSPS) is 24.1. The Labute approximate surface area is 69.3 Å². The number of allylic oxidation sites excluding steroid dienone is 6. The quantitative estimate of drug-likeness (QED) is 0.534. The average molecular weight is 148 g/mol. The average Bonchev–Trinajstić information content (AvgIpc) is 2.11. The van der Waals surface area contributed by atoms with Gasteiger partial charge in [0.2, 0.25) is 0 Å². The van der Waals surface area contributed by atoms with Gasteiger partial charge in [0.1, 0.15) is 0 Å². The molecule has 1 atom stereocenters. The number of hydrogen-bond acceptors (Lipinski definition) is 0. The largest absolute Gasteiger partial charge is 0.0749 e. The van der Waals surface area contributed by atoms with Gasteiger partial charge in [-0.2, -0.15) is 0 Å². The Hall–Kier alpha value is -0.780. The molecule has 0 fully saturated rings. The van der Waals surface area contributed by atoms with Crippen LogP contribution in [-0.2, 0) is 0 Å².